The van der Waals surface area contributed by atoms with Gasteiger partial charge in [0.1, 0.15) is 5.56 Å². The Hall–Kier alpha value is -2.90. The van der Waals surface area contributed by atoms with Crippen molar-refractivity contribution in [3.05, 3.63) is 53.5 Å². The Bertz CT molecular complexity index is 948. The maximum atomic E-state index is 13.6. The molecule has 3 aromatic rings. The lowest BCUT2D eigenvalue weighted by atomic mass is 10.1. The molecule has 0 spiro atoms. The number of esters is 1. The smallest absolute Gasteiger partial charge is 0.434 e. The van der Waals surface area contributed by atoms with E-state index in [0.717, 1.165) is 11.6 Å². The average Bonchev–Trinajstić information content (AvgIpc) is 2.99. The van der Waals surface area contributed by atoms with Crippen LogP contribution in [0.15, 0.2) is 36.5 Å². The second-order valence-electron chi connectivity index (χ2n) is 5.35. The van der Waals surface area contributed by atoms with Gasteiger partial charge in [-0.2, -0.15) is 18.3 Å². The summed E-state index contributed by atoms with van der Waals surface area (Å²) in [6.07, 6.45) is -3.94. The molecule has 0 aliphatic heterocycles. The van der Waals surface area contributed by atoms with Crippen LogP contribution in [0.25, 0.3) is 16.6 Å². The molecule has 2 heterocycles. The molecular weight excluding hydrogens is 335 g/mol. The van der Waals surface area contributed by atoms with Crippen LogP contribution in [0.1, 0.15) is 28.7 Å². The van der Waals surface area contributed by atoms with Gasteiger partial charge in [0.2, 0.25) is 0 Å². The number of rotatable bonds is 3. The number of pyridine rings is 1. The predicted octanol–water partition coefficient (Wildman–Crippen LogP) is 3.92. The molecule has 8 heteroatoms. The number of aromatic nitrogens is 3. The second kappa shape index (κ2) is 6.19. The molecule has 0 atom stereocenters. The van der Waals surface area contributed by atoms with Crippen LogP contribution >= 0.6 is 0 Å². The zero-order valence-electron chi connectivity index (χ0n) is 13.5. The summed E-state index contributed by atoms with van der Waals surface area (Å²) in [6.45, 7) is 3.16. The Morgan fingerprint density at radius 2 is 2.00 bits per heavy atom. The fourth-order valence-electron chi connectivity index (χ4n) is 2.61. The minimum absolute atomic E-state index is 0.0125. The minimum Gasteiger partial charge on any atom is -0.462 e. The van der Waals surface area contributed by atoms with Crippen LogP contribution in [0, 0.1) is 6.92 Å². The molecule has 0 N–H and O–H groups in total. The Labute approximate surface area is 141 Å². The van der Waals surface area contributed by atoms with Crippen molar-refractivity contribution in [3.63, 3.8) is 0 Å². The van der Waals surface area contributed by atoms with Crippen molar-refractivity contribution >= 4 is 16.7 Å². The standard InChI is InChI=1S/C17H14F3N3O2/c1-3-25-16(24)13-9-21-23(14(13)17(18,19)20)15-12-7-5-4-6-11(12)8-10(2)22-15/h4-9H,3H2,1-2H3. The van der Waals surface area contributed by atoms with Crippen molar-refractivity contribution in [2.24, 2.45) is 0 Å². The average molecular weight is 349 g/mol. The summed E-state index contributed by atoms with van der Waals surface area (Å²) >= 11 is 0. The molecule has 5 nitrogen and oxygen atoms in total. The summed E-state index contributed by atoms with van der Waals surface area (Å²) in [4.78, 5) is 16.1. The van der Waals surface area contributed by atoms with Crippen LogP contribution < -0.4 is 0 Å². The van der Waals surface area contributed by atoms with Crippen LogP contribution in [-0.2, 0) is 10.9 Å². The van der Waals surface area contributed by atoms with E-state index >= 15 is 0 Å². The van der Waals surface area contributed by atoms with Crippen molar-refractivity contribution < 1.29 is 22.7 Å². The Morgan fingerprint density at radius 3 is 2.68 bits per heavy atom. The molecule has 0 aliphatic carbocycles. The molecule has 0 fully saturated rings. The first kappa shape index (κ1) is 16.9. The van der Waals surface area contributed by atoms with E-state index in [4.69, 9.17) is 4.74 Å². The fourth-order valence-corrected chi connectivity index (χ4v) is 2.61. The quantitative estimate of drug-likeness (QED) is 0.673. The van der Waals surface area contributed by atoms with Crippen LogP contribution in [0.3, 0.4) is 0 Å². The van der Waals surface area contributed by atoms with E-state index in [0.29, 0.717) is 15.8 Å². The summed E-state index contributed by atoms with van der Waals surface area (Å²) in [5.74, 6) is -1.06. The van der Waals surface area contributed by atoms with Gasteiger partial charge in [-0.3, -0.25) is 0 Å². The minimum atomic E-state index is -4.80. The molecule has 0 amide bonds. The van der Waals surface area contributed by atoms with Gasteiger partial charge in [-0.05, 0) is 25.3 Å². The number of hydrogen-bond donors (Lipinski definition) is 0. The third-order valence-corrected chi connectivity index (χ3v) is 3.58. The highest BCUT2D eigenvalue weighted by Crippen LogP contribution is 2.35. The lowest BCUT2D eigenvalue weighted by Gasteiger charge is -2.14. The number of halogens is 3. The van der Waals surface area contributed by atoms with Crippen molar-refractivity contribution in [2.75, 3.05) is 6.61 Å². The fraction of sp³-hybridized carbons (Fsp3) is 0.235. The maximum absolute atomic E-state index is 13.6. The van der Waals surface area contributed by atoms with E-state index in [1.54, 1.807) is 37.3 Å². The third kappa shape index (κ3) is 3.07. The first-order valence-corrected chi connectivity index (χ1v) is 7.52. The van der Waals surface area contributed by atoms with Crippen molar-refractivity contribution in [1.82, 2.24) is 14.8 Å². The normalized spacial score (nSPS) is 11.7. The van der Waals surface area contributed by atoms with Crippen LogP contribution in [0.4, 0.5) is 13.2 Å². The molecule has 1 aromatic carbocycles. The van der Waals surface area contributed by atoms with E-state index in [1.807, 2.05) is 0 Å². The van der Waals surface area contributed by atoms with Crippen molar-refractivity contribution in [1.29, 1.82) is 0 Å². The summed E-state index contributed by atoms with van der Waals surface area (Å²) in [5, 5.41) is 5.01. The monoisotopic (exact) mass is 349 g/mol. The van der Waals surface area contributed by atoms with E-state index in [2.05, 4.69) is 10.1 Å². The van der Waals surface area contributed by atoms with Gasteiger partial charge in [0, 0.05) is 11.1 Å². The van der Waals surface area contributed by atoms with E-state index in [9.17, 15) is 18.0 Å². The van der Waals surface area contributed by atoms with E-state index in [1.165, 1.54) is 6.92 Å². The van der Waals surface area contributed by atoms with Gasteiger partial charge >= 0.3 is 12.1 Å². The summed E-state index contributed by atoms with van der Waals surface area (Å²) in [6, 6.07) is 8.68. The summed E-state index contributed by atoms with van der Waals surface area (Å²) in [7, 11) is 0. The van der Waals surface area contributed by atoms with Gasteiger partial charge in [0.25, 0.3) is 0 Å². The number of carbonyl (C=O) groups excluding carboxylic acids is 1. The molecule has 0 saturated heterocycles. The van der Waals surface area contributed by atoms with Gasteiger partial charge < -0.3 is 4.74 Å². The predicted molar refractivity (Wildman–Crippen MR) is 84.6 cm³/mol. The Kier molecular flexibility index (Phi) is 4.20. The maximum Gasteiger partial charge on any atom is 0.434 e. The van der Waals surface area contributed by atoms with Gasteiger partial charge in [-0.15, -0.1) is 0 Å². The number of hydrogen-bond acceptors (Lipinski definition) is 4. The lowest BCUT2D eigenvalue weighted by Crippen LogP contribution is -2.19. The molecular formula is C17H14F3N3O2. The van der Waals surface area contributed by atoms with Crippen LogP contribution in [-0.4, -0.2) is 27.3 Å². The topological polar surface area (TPSA) is 57.0 Å². The molecule has 0 aliphatic rings. The zero-order valence-corrected chi connectivity index (χ0v) is 13.5. The van der Waals surface area contributed by atoms with Crippen molar-refractivity contribution in [2.45, 2.75) is 20.0 Å². The highest BCUT2D eigenvalue weighted by atomic mass is 19.4. The molecule has 2 aromatic heterocycles. The third-order valence-electron chi connectivity index (χ3n) is 3.58. The number of alkyl halides is 3. The van der Waals surface area contributed by atoms with Crippen LogP contribution in [0.2, 0.25) is 0 Å². The lowest BCUT2D eigenvalue weighted by molar-refractivity contribution is -0.143. The molecule has 25 heavy (non-hydrogen) atoms. The first-order valence-electron chi connectivity index (χ1n) is 7.52. The number of ether oxygens (including phenoxy) is 1. The first-order chi connectivity index (χ1) is 11.8. The van der Waals surface area contributed by atoms with Gasteiger partial charge in [0.15, 0.2) is 11.5 Å². The molecule has 0 unspecified atom stereocenters. The number of aryl methyl sites for hydroxylation is 1. The highest BCUT2D eigenvalue weighted by molar-refractivity contribution is 5.92. The number of benzene rings is 1. The molecule has 0 bridgehead atoms. The second-order valence-corrected chi connectivity index (χ2v) is 5.35. The highest BCUT2D eigenvalue weighted by Gasteiger charge is 2.41. The number of carbonyl (C=O) groups is 1. The molecule has 130 valence electrons. The zero-order chi connectivity index (χ0) is 18.2. The molecule has 0 radical (unpaired) electrons. The largest absolute Gasteiger partial charge is 0.462 e. The van der Waals surface area contributed by atoms with Gasteiger partial charge in [-0.1, -0.05) is 24.3 Å². The number of nitrogens with zero attached hydrogens (tertiary/aromatic N) is 3. The molecule has 0 saturated carbocycles. The van der Waals surface area contributed by atoms with E-state index < -0.39 is 23.4 Å². The van der Waals surface area contributed by atoms with Crippen molar-refractivity contribution in [3.8, 4) is 5.82 Å². The SMILES string of the molecule is CCOC(=O)c1cnn(-c2nc(C)cc3ccccc23)c1C(F)(F)F. The Morgan fingerprint density at radius 1 is 1.28 bits per heavy atom. The summed E-state index contributed by atoms with van der Waals surface area (Å²) < 4.78 is 46.3. The number of fused-ring (bicyclic) bond motifs is 1. The summed E-state index contributed by atoms with van der Waals surface area (Å²) in [5.41, 5.74) is -1.30. The molecule has 3 rings (SSSR count). The van der Waals surface area contributed by atoms with Crippen LogP contribution in [0.5, 0.6) is 0 Å². The van der Waals surface area contributed by atoms with E-state index in [-0.39, 0.29) is 12.4 Å². The van der Waals surface area contributed by atoms with Gasteiger partial charge in [0.05, 0.1) is 12.8 Å². The Balaban J connectivity index is 2.30. The van der Waals surface area contributed by atoms with Gasteiger partial charge in [-0.25, -0.2) is 14.5 Å².